The number of halogens is 2. The maximum Gasteiger partial charge on any atom is 0.167 e. The Balaban J connectivity index is 1.88. The van der Waals surface area contributed by atoms with Crippen molar-refractivity contribution in [2.45, 2.75) is 12.8 Å². The van der Waals surface area contributed by atoms with Gasteiger partial charge in [0, 0.05) is 28.4 Å². The van der Waals surface area contributed by atoms with Crippen molar-refractivity contribution < 1.29 is 13.9 Å². The second-order valence-electron chi connectivity index (χ2n) is 4.76. The lowest BCUT2D eigenvalue weighted by molar-refractivity contribution is 0.0992. The SMILES string of the molecule is O=C(Cc1cc(Br)cc2c1OCC2)c1ccc(F)cc1. The van der Waals surface area contributed by atoms with Crippen molar-refractivity contribution >= 4 is 21.7 Å². The predicted octanol–water partition coefficient (Wildman–Crippen LogP) is 3.95. The molecule has 0 N–H and O–H groups in total. The minimum absolute atomic E-state index is 0.0409. The topological polar surface area (TPSA) is 26.3 Å². The number of rotatable bonds is 3. The van der Waals surface area contributed by atoms with Gasteiger partial charge in [0.2, 0.25) is 0 Å². The van der Waals surface area contributed by atoms with Crippen molar-refractivity contribution in [3.63, 3.8) is 0 Å². The molecule has 1 aliphatic heterocycles. The molecule has 1 aliphatic rings. The average molecular weight is 335 g/mol. The van der Waals surface area contributed by atoms with E-state index in [-0.39, 0.29) is 18.0 Å². The molecular weight excluding hydrogens is 323 g/mol. The molecule has 2 nitrogen and oxygen atoms in total. The number of ketones is 1. The van der Waals surface area contributed by atoms with Crippen molar-refractivity contribution in [3.05, 3.63) is 63.4 Å². The Kier molecular flexibility index (Phi) is 3.57. The van der Waals surface area contributed by atoms with Gasteiger partial charge >= 0.3 is 0 Å². The van der Waals surface area contributed by atoms with Gasteiger partial charge in [0.25, 0.3) is 0 Å². The summed E-state index contributed by atoms with van der Waals surface area (Å²) >= 11 is 3.46. The quantitative estimate of drug-likeness (QED) is 0.794. The lowest BCUT2D eigenvalue weighted by atomic mass is 10.00. The highest BCUT2D eigenvalue weighted by atomic mass is 79.9. The number of hydrogen-bond donors (Lipinski definition) is 0. The number of hydrogen-bond acceptors (Lipinski definition) is 2. The molecule has 20 heavy (non-hydrogen) atoms. The molecule has 102 valence electrons. The van der Waals surface area contributed by atoms with Crippen LogP contribution in [0.25, 0.3) is 0 Å². The van der Waals surface area contributed by atoms with E-state index in [0.29, 0.717) is 12.2 Å². The van der Waals surface area contributed by atoms with Crippen LogP contribution >= 0.6 is 15.9 Å². The van der Waals surface area contributed by atoms with E-state index in [2.05, 4.69) is 15.9 Å². The van der Waals surface area contributed by atoms with Gasteiger partial charge in [-0.15, -0.1) is 0 Å². The third-order valence-electron chi connectivity index (χ3n) is 3.34. The Labute approximate surface area is 124 Å². The fourth-order valence-electron chi connectivity index (χ4n) is 2.39. The molecule has 0 aromatic heterocycles. The fraction of sp³-hybridized carbons (Fsp3) is 0.188. The summed E-state index contributed by atoms with van der Waals surface area (Å²) in [6.45, 7) is 0.656. The summed E-state index contributed by atoms with van der Waals surface area (Å²) in [5.74, 6) is 0.442. The number of benzene rings is 2. The van der Waals surface area contributed by atoms with E-state index in [0.717, 1.165) is 27.8 Å². The molecule has 0 fully saturated rings. The van der Waals surface area contributed by atoms with E-state index in [1.165, 1.54) is 24.3 Å². The van der Waals surface area contributed by atoms with Crippen molar-refractivity contribution in [1.82, 2.24) is 0 Å². The summed E-state index contributed by atoms with van der Waals surface area (Å²) in [6, 6.07) is 9.55. The Bertz CT molecular complexity index is 665. The van der Waals surface area contributed by atoms with Gasteiger partial charge in [-0.2, -0.15) is 0 Å². The molecule has 2 aromatic rings. The number of carbonyl (C=O) groups is 1. The van der Waals surface area contributed by atoms with E-state index in [9.17, 15) is 9.18 Å². The highest BCUT2D eigenvalue weighted by Gasteiger charge is 2.19. The minimum atomic E-state index is -0.340. The Morgan fingerprint density at radius 1 is 1.25 bits per heavy atom. The number of Topliss-reactive ketones (excluding diaryl/α,β-unsaturated/α-hetero) is 1. The van der Waals surface area contributed by atoms with Crippen LogP contribution in [0, 0.1) is 5.82 Å². The van der Waals surface area contributed by atoms with E-state index in [1.807, 2.05) is 12.1 Å². The lowest BCUT2D eigenvalue weighted by Gasteiger charge is -2.08. The van der Waals surface area contributed by atoms with Crippen LogP contribution in [0.5, 0.6) is 5.75 Å². The predicted molar refractivity (Wildman–Crippen MR) is 77.8 cm³/mol. The molecular formula is C16H12BrFO2. The molecule has 3 rings (SSSR count). The molecule has 4 heteroatoms. The van der Waals surface area contributed by atoms with Gasteiger partial charge in [-0.25, -0.2) is 4.39 Å². The molecule has 0 saturated carbocycles. The van der Waals surface area contributed by atoms with Crippen LogP contribution in [-0.2, 0) is 12.8 Å². The largest absolute Gasteiger partial charge is 0.493 e. The van der Waals surface area contributed by atoms with Gasteiger partial charge in [0.15, 0.2) is 5.78 Å². The first-order valence-electron chi connectivity index (χ1n) is 6.36. The zero-order chi connectivity index (χ0) is 14.1. The minimum Gasteiger partial charge on any atom is -0.493 e. The van der Waals surface area contributed by atoms with Crippen LogP contribution in [0.15, 0.2) is 40.9 Å². The standard InChI is InChI=1S/C16H12BrFO2/c17-13-7-11-5-6-20-16(11)12(8-13)9-15(19)10-1-3-14(18)4-2-10/h1-4,7-8H,5-6,9H2. The normalized spacial score (nSPS) is 12.9. The molecule has 0 aliphatic carbocycles. The van der Waals surface area contributed by atoms with Gasteiger partial charge in [-0.1, -0.05) is 15.9 Å². The zero-order valence-electron chi connectivity index (χ0n) is 10.7. The second kappa shape index (κ2) is 5.37. The van der Waals surface area contributed by atoms with E-state index in [1.54, 1.807) is 0 Å². The van der Waals surface area contributed by atoms with Crippen molar-refractivity contribution in [2.75, 3.05) is 6.61 Å². The van der Waals surface area contributed by atoms with Gasteiger partial charge in [-0.05, 0) is 42.0 Å². The summed E-state index contributed by atoms with van der Waals surface area (Å²) in [4.78, 5) is 12.2. The lowest BCUT2D eigenvalue weighted by Crippen LogP contribution is -2.05. The smallest absolute Gasteiger partial charge is 0.167 e. The molecule has 0 radical (unpaired) electrons. The molecule has 2 aromatic carbocycles. The van der Waals surface area contributed by atoms with Crippen LogP contribution in [0.4, 0.5) is 4.39 Å². The highest BCUT2D eigenvalue weighted by Crippen LogP contribution is 2.33. The molecule has 0 spiro atoms. The summed E-state index contributed by atoms with van der Waals surface area (Å²) in [5.41, 5.74) is 2.51. The van der Waals surface area contributed by atoms with E-state index in [4.69, 9.17) is 4.74 Å². The first-order valence-corrected chi connectivity index (χ1v) is 7.15. The second-order valence-corrected chi connectivity index (χ2v) is 5.67. The molecule has 0 atom stereocenters. The molecule has 0 amide bonds. The van der Waals surface area contributed by atoms with Crippen LogP contribution in [-0.4, -0.2) is 12.4 Å². The third kappa shape index (κ3) is 2.61. The zero-order valence-corrected chi connectivity index (χ0v) is 12.2. The maximum atomic E-state index is 12.9. The van der Waals surface area contributed by atoms with E-state index >= 15 is 0 Å². The summed E-state index contributed by atoms with van der Waals surface area (Å²) in [7, 11) is 0. The fourth-order valence-corrected chi connectivity index (χ4v) is 2.94. The molecule has 0 bridgehead atoms. The van der Waals surface area contributed by atoms with Gasteiger partial charge in [0.1, 0.15) is 11.6 Å². The number of fused-ring (bicyclic) bond motifs is 1. The molecule has 0 unspecified atom stereocenters. The van der Waals surface area contributed by atoms with Gasteiger partial charge < -0.3 is 4.74 Å². The Morgan fingerprint density at radius 3 is 2.75 bits per heavy atom. The maximum absolute atomic E-state index is 12.9. The van der Waals surface area contributed by atoms with Crippen LogP contribution in [0.2, 0.25) is 0 Å². The average Bonchev–Trinajstić information content (AvgIpc) is 2.87. The molecule has 0 saturated heterocycles. The van der Waals surface area contributed by atoms with Crippen LogP contribution in [0.1, 0.15) is 21.5 Å². The third-order valence-corrected chi connectivity index (χ3v) is 3.80. The Hall–Kier alpha value is -1.68. The first kappa shape index (κ1) is 13.3. The summed E-state index contributed by atoms with van der Waals surface area (Å²) in [6.07, 6.45) is 1.12. The van der Waals surface area contributed by atoms with Crippen molar-refractivity contribution in [3.8, 4) is 5.75 Å². The number of carbonyl (C=O) groups excluding carboxylic acids is 1. The Morgan fingerprint density at radius 2 is 2.00 bits per heavy atom. The van der Waals surface area contributed by atoms with E-state index < -0.39 is 0 Å². The monoisotopic (exact) mass is 334 g/mol. The first-order chi connectivity index (χ1) is 9.63. The summed E-state index contributed by atoms with van der Waals surface area (Å²) < 4.78 is 19.4. The van der Waals surface area contributed by atoms with Crippen LogP contribution in [0.3, 0.4) is 0 Å². The molecule has 1 heterocycles. The summed E-state index contributed by atoms with van der Waals surface area (Å²) in [5, 5.41) is 0. The van der Waals surface area contributed by atoms with Gasteiger partial charge in [-0.3, -0.25) is 4.79 Å². The van der Waals surface area contributed by atoms with Gasteiger partial charge in [0.05, 0.1) is 6.61 Å². The van der Waals surface area contributed by atoms with Crippen molar-refractivity contribution in [2.24, 2.45) is 0 Å². The number of ether oxygens (including phenoxy) is 1. The van der Waals surface area contributed by atoms with Crippen molar-refractivity contribution in [1.29, 1.82) is 0 Å². The highest BCUT2D eigenvalue weighted by molar-refractivity contribution is 9.10. The van der Waals surface area contributed by atoms with Crippen LogP contribution < -0.4 is 4.74 Å².